The lowest BCUT2D eigenvalue weighted by atomic mass is 10.2. The van der Waals surface area contributed by atoms with E-state index in [1.165, 1.54) is 0 Å². The summed E-state index contributed by atoms with van der Waals surface area (Å²) in [6, 6.07) is 22.7. The number of carbonyl (C=O) groups is 2. The summed E-state index contributed by atoms with van der Waals surface area (Å²) in [5.74, 6) is -0.0914. The number of amides is 1. The number of nitrogens with one attached hydrogen (secondary N) is 1. The number of hydrogen-bond donors (Lipinski definition) is 1. The molecule has 7 nitrogen and oxygen atoms in total. The van der Waals surface area contributed by atoms with Crippen molar-refractivity contribution >= 4 is 22.9 Å². The van der Waals surface area contributed by atoms with E-state index >= 15 is 0 Å². The van der Waals surface area contributed by atoms with E-state index in [1.807, 2.05) is 72.8 Å². The molecule has 2 aromatic carbocycles. The van der Waals surface area contributed by atoms with Crippen LogP contribution in [0.1, 0.15) is 5.56 Å². The lowest BCUT2D eigenvalue weighted by molar-refractivity contribution is -0.663. The van der Waals surface area contributed by atoms with E-state index in [2.05, 4.69) is 16.6 Å². The summed E-state index contributed by atoms with van der Waals surface area (Å²) < 4.78 is 8.69. The van der Waals surface area contributed by atoms with Gasteiger partial charge in [-0.3, -0.25) is 14.6 Å². The van der Waals surface area contributed by atoms with Gasteiger partial charge in [0, 0.05) is 6.20 Å². The Balaban J connectivity index is 1.39. The highest BCUT2D eigenvalue weighted by Gasteiger charge is 2.14. The smallest absolute Gasteiger partial charge is 0.325 e. The number of fused-ring (bicyclic) bond motifs is 1. The van der Waals surface area contributed by atoms with Crippen LogP contribution >= 0.6 is 0 Å². The molecule has 2 aromatic heterocycles. The summed E-state index contributed by atoms with van der Waals surface area (Å²) in [5, 5.41) is 2.60. The van der Waals surface area contributed by atoms with Crippen LogP contribution < -0.4 is 9.88 Å². The molecule has 0 fully saturated rings. The van der Waals surface area contributed by atoms with Crippen molar-refractivity contribution < 1.29 is 18.9 Å². The van der Waals surface area contributed by atoms with E-state index in [4.69, 9.17) is 4.74 Å². The molecule has 0 aliphatic heterocycles. The van der Waals surface area contributed by atoms with Crippen molar-refractivity contribution in [3.8, 4) is 5.82 Å². The predicted octanol–water partition coefficient (Wildman–Crippen LogP) is 1.97. The van der Waals surface area contributed by atoms with Gasteiger partial charge in [0.25, 0.3) is 5.91 Å². The maximum Gasteiger partial charge on any atom is 0.325 e. The normalized spacial score (nSPS) is 10.7. The van der Waals surface area contributed by atoms with Gasteiger partial charge in [-0.1, -0.05) is 60.7 Å². The molecule has 0 bridgehead atoms. The first-order chi connectivity index (χ1) is 14.7. The maximum absolute atomic E-state index is 12.4. The molecule has 0 saturated carbocycles. The second kappa shape index (κ2) is 9.00. The second-order valence-corrected chi connectivity index (χ2v) is 6.62. The largest absolute Gasteiger partial charge is 0.460 e. The first-order valence-electron chi connectivity index (χ1n) is 9.51. The van der Waals surface area contributed by atoms with Gasteiger partial charge in [0.05, 0.1) is 11.0 Å². The molecular formula is C23H20N4O3. The van der Waals surface area contributed by atoms with Gasteiger partial charge in [0.15, 0.2) is 6.54 Å². The number of hydrogen-bond acceptors (Lipinski definition) is 4. The molecule has 0 atom stereocenters. The lowest BCUT2D eigenvalue weighted by Crippen LogP contribution is -2.44. The Hall–Kier alpha value is -4.00. The minimum Gasteiger partial charge on any atom is -0.460 e. The van der Waals surface area contributed by atoms with Crippen molar-refractivity contribution in [2.24, 2.45) is 0 Å². The molecule has 0 saturated heterocycles. The summed E-state index contributed by atoms with van der Waals surface area (Å²) in [4.78, 5) is 28.7. The molecule has 2 heterocycles. The van der Waals surface area contributed by atoms with Crippen LogP contribution in [0, 0.1) is 6.33 Å². The lowest BCUT2D eigenvalue weighted by Gasteiger charge is -2.07. The molecular weight excluding hydrogens is 380 g/mol. The van der Waals surface area contributed by atoms with Crippen molar-refractivity contribution in [1.82, 2.24) is 14.9 Å². The van der Waals surface area contributed by atoms with Crippen LogP contribution in [-0.4, -0.2) is 28.0 Å². The van der Waals surface area contributed by atoms with Crippen LogP contribution in [0.15, 0.2) is 79.0 Å². The summed E-state index contributed by atoms with van der Waals surface area (Å²) >= 11 is 0. The Morgan fingerprint density at radius 2 is 1.77 bits per heavy atom. The number of pyridine rings is 1. The number of para-hydroxylation sites is 2. The fourth-order valence-corrected chi connectivity index (χ4v) is 3.05. The minimum atomic E-state index is -0.489. The molecule has 1 amide bonds. The number of esters is 1. The van der Waals surface area contributed by atoms with Crippen LogP contribution in [0.4, 0.5) is 0 Å². The van der Waals surface area contributed by atoms with Crippen LogP contribution in [0.25, 0.3) is 16.9 Å². The van der Waals surface area contributed by atoms with E-state index in [0.717, 1.165) is 16.6 Å². The molecule has 4 rings (SSSR count). The van der Waals surface area contributed by atoms with Crippen molar-refractivity contribution in [3.63, 3.8) is 0 Å². The van der Waals surface area contributed by atoms with Gasteiger partial charge in [-0.25, -0.2) is 0 Å². The highest BCUT2D eigenvalue weighted by molar-refractivity contribution is 5.81. The summed E-state index contributed by atoms with van der Waals surface area (Å²) in [6.07, 6.45) is 4.87. The van der Waals surface area contributed by atoms with Gasteiger partial charge in [0.2, 0.25) is 6.33 Å². The zero-order chi connectivity index (χ0) is 20.8. The molecule has 1 N–H and O–H groups in total. The van der Waals surface area contributed by atoms with Gasteiger partial charge >= 0.3 is 5.97 Å². The van der Waals surface area contributed by atoms with E-state index in [0.29, 0.717) is 5.82 Å². The van der Waals surface area contributed by atoms with Crippen molar-refractivity contribution in [1.29, 1.82) is 0 Å². The Morgan fingerprint density at radius 1 is 1.00 bits per heavy atom. The molecule has 0 aliphatic rings. The standard InChI is InChI=1S/C23H20N4O3/c28-22(25-14-23(29)30-16-18-8-2-1-3-9-18)15-26-17-27(21-12-6-7-13-24-21)20-11-5-4-10-19(20)26/h1-13H,14-16H2,(H,25,28). The highest BCUT2D eigenvalue weighted by atomic mass is 16.5. The molecule has 150 valence electrons. The number of ether oxygens (including phenoxy) is 1. The first kappa shape index (κ1) is 19.3. The highest BCUT2D eigenvalue weighted by Crippen LogP contribution is 2.14. The molecule has 0 spiro atoms. The third-order valence-corrected chi connectivity index (χ3v) is 4.49. The minimum absolute atomic E-state index is 0.0202. The maximum atomic E-state index is 12.4. The average molecular weight is 400 g/mol. The Morgan fingerprint density at radius 3 is 2.57 bits per heavy atom. The SMILES string of the molecule is O=C(C[n+]1[c-]n(-c2ccccn2)c2ccccc21)NCC(=O)OCc1ccccc1. The van der Waals surface area contributed by atoms with Crippen molar-refractivity contribution in [2.45, 2.75) is 13.2 Å². The fourth-order valence-electron chi connectivity index (χ4n) is 3.05. The van der Waals surface area contributed by atoms with Gasteiger partial charge in [-0.15, -0.1) is 0 Å². The molecule has 7 heteroatoms. The van der Waals surface area contributed by atoms with Gasteiger partial charge in [-0.05, 0) is 17.7 Å². The van der Waals surface area contributed by atoms with Crippen LogP contribution in [0.2, 0.25) is 0 Å². The third-order valence-electron chi connectivity index (χ3n) is 4.49. The predicted molar refractivity (Wildman–Crippen MR) is 109 cm³/mol. The van der Waals surface area contributed by atoms with E-state index in [9.17, 15) is 9.59 Å². The third kappa shape index (κ3) is 4.52. The molecule has 30 heavy (non-hydrogen) atoms. The van der Waals surface area contributed by atoms with E-state index in [1.54, 1.807) is 15.3 Å². The number of nitrogens with zero attached hydrogens (tertiary/aromatic N) is 3. The Kier molecular flexibility index (Phi) is 5.80. The molecule has 4 aromatic rings. The van der Waals surface area contributed by atoms with Gasteiger partial charge in [0.1, 0.15) is 19.0 Å². The Labute approximate surface area is 173 Å². The summed E-state index contributed by atoms with van der Waals surface area (Å²) in [5.41, 5.74) is 2.61. The number of imidazole rings is 1. The average Bonchev–Trinajstić information content (AvgIpc) is 3.16. The molecule has 0 unspecified atom stereocenters. The zero-order valence-electron chi connectivity index (χ0n) is 16.2. The molecule has 0 radical (unpaired) electrons. The van der Waals surface area contributed by atoms with Crippen LogP contribution in [-0.2, 0) is 27.5 Å². The Bertz CT molecular complexity index is 1160. The number of rotatable bonds is 7. The number of carbonyl (C=O) groups excluding carboxylic acids is 2. The number of aromatic nitrogens is 3. The number of benzene rings is 2. The van der Waals surface area contributed by atoms with Gasteiger partial charge in [-0.2, -0.15) is 0 Å². The summed E-state index contributed by atoms with van der Waals surface area (Å²) in [6.45, 7) is 0.00700. The second-order valence-electron chi connectivity index (χ2n) is 6.62. The van der Waals surface area contributed by atoms with E-state index < -0.39 is 5.97 Å². The van der Waals surface area contributed by atoms with Crippen molar-refractivity contribution in [3.05, 3.63) is 90.9 Å². The van der Waals surface area contributed by atoms with E-state index in [-0.39, 0.29) is 25.6 Å². The molecule has 0 aliphatic carbocycles. The monoisotopic (exact) mass is 400 g/mol. The summed E-state index contributed by atoms with van der Waals surface area (Å²) in [7, 11) is 0. The topological polar surface area (TPSA) is 77.1 Å². The first-order valence-corrected chi connectivity index (χ1v) is 9.51. The van der Waals surface area contributed by atoms with Gasteiger partial charge < -0.3 is 19.2 Å². The van der Waals surface area contributed by atoms with Crippen LogP contribution in [0.3, 0.4) is 0 Å². The fraction of sp³-hybridized carbons (Fsp3) is 0.130. The quantitative estimate of drug-likeness (QED) is 0.292. The van der Waals surface area contributed by atoms with Crippen molar-refractivity contribution in [2.75, 3.05) is 6.54 Å². The zero-order valence-corrected chi connectivity index (χ0v) is 16.2. The van der Waals surface area contributed by atoms with Crippen LogP contribution in [0.5, 0.6) is 0 Å².